The van der Waals surface area contributed by atoms with E-state index in [-0.39, 0.29) is 11.6 Å². The second-order valence-electron chi connectivity index (χ2n) is 6.42. The monoisotopic (exact) mass is 339 g/mol. The largest absolute Gasteiger partial charge is 0.309 e. The van der Waals surface area contributed by atoms with Gasteiger partial charge in [0.05, 0.1) is 11.9 Å². The van der Waals surface area contributed by atoms with E-state index in [1.807, 2.05) is 18.2 Å². The van der Waals surface area contributed by atoms with Crippen LogP contribution in [0.25, 0.3) is 10.2 Å². The third kappa shape index (κ3) is 2.89. The smallest absolute Gasteiger partial charge is 0.259 e. The summed E-state index contributed by atoms with van der Waals surface area (Å²) in [5, 5.41) is 4.27. The highest BCUT2D eigenvalue weighted by Gasteiger charge is 2.19. The van der Waals surface area contributed by atoms with Crippen molar-refractivity contribution in [1.82, 2.24) is 15.3 Å². The predicted octanol–water partition coefficient (Wildman–Crippen LogP) is 3.71. The summed E-state index contributed by atoms with van der Waals surface area (Å²) < 4.78 is 0. The van der Waals surface area contributed by atoms with Gasteiger partial charge in [-0.1, -0.05) is 30.3 Å². The molecule has 1 aliphatic rings. The average molecular weight is 339 g/mol. The van der Waals surface area contributed by atoms with E-state index in [1.165, 1.54) is 28.8 Å². The van der Waals surface area contributed by atoms with Crippen molar-refractivity contribution in [3.05, 3.63) is 62.5 Å². The zero-order valence-corrected chi connectivity index (χ0v) is 14.6. The molecular formula is C19H21N3OS. The Morgan fingerprint density at radius 3 is 2.88 bits per heavy atom. The van der Waals surface area contributed by atoms with E-state index in [9.17, 15) is 4.79 Å². The van der Waals surface area contributed by atoms with Gasteiger partial charge in [0.1, 0.15) is 10.7 Å². The summed E-state index contributed by atoms with van der Waals surface area (Å²) in [6.07, 6.45) is 4.51. The number of aryl methyl sites for hydroxylation is 2. The number of hydrogen-bond acceptors (Lipinski definition) is 4. The lowest BCUT2D eigenvalue weighted by molar-refractivity contribution is 0.559. The summed E-state index contributed by atoms with van der Waals surface area (Å²) in [5.41, 5.74) is 2.49. The normalized spacial score (nSPS) is 15.4. The van der Waals surface area contributed by atoms with Crippen LogP contribution < -0.4 is 10.9 Å². The minimum atomic E-state index is 0.0172. The number of fused-ring (bicyclic) bond motifs is 3. The molecule has 0 amide bonds. The van der Waals surface area contributed by atoms with Gasteiger partial charge in [0.15, 0.2) is 0 Å². The first-order valence-corrected chi connectivity index (χ1v) is 9.36. The molecule has 0 saturated carbocycles. The van der Waals surface area contributed by atoms with Crippen molar-refractivity contribution in [2.75, 3.05) is 0 Å². The summed E-state index contributed by atoms with van der Waals surface area (Å²) in [6, 6.07) is 10.5. The van der Waals surface area contributed by atoms with Crippen molar-refractivity contribution in [3.63, 3.8) is 0 Å². The quantitative estimate of drug-likeness (QED) is 0.762. The summed E-state index contributed by atoms with van der Waals surface area (Å²) in [7, 11) is 0. The van der Waals surface area contributed by atoms with E-state index >= 15 is 0 Å². The number of hydrogen-bond donors (Lipinski definition) is 2. The Bertz CT molecular complexity index is 914. The topological polar surface area (TPSA) is 57.8 Å². The van der Waals surface area contributed by atoms with Crippen molar-refractivity contribution in [3.8, 4) is 0 Å². The van der Waals surface area contributed by atoms with Crippen molar-refractivity contribution in [2.24, 2.45) is 0 Å². The second-order valence-corrected chi connectivity index (χ2v) is 7.50. The molecule has 0 spiro atoms. The molecule has 1 aliphatic carbocycles. The number of benzene rings is 1. The van der Waals surface area contributed by atoms with Crippen LogP contribution in [-0.4, -0.2) is 9.97 Å². The van der Waals surface area contributed by atoms with Crippen LogP contribution in [0.3, 0.4) is 0 Å². The summed E-state index contributed by atoms with van der Waals surface area (Å²) in [5.74, 6) is 0.717. The molecule has 0 bridgehead atoms. The van der Waals surface area contributed by atoms with E-state index in [4.69, 9.17) is 4.98 Å². The van der Waals surface area contributed by atoms with Crippen LogP contribution in [0.1, 0.15) is 47.6 Å². The third-order valence-electron chi connectivity index (χ3n) is 4.75. The number of aromatic amines is 1. The van der Waals surface area contributed by atoms with Gasteiger partial charge >= 0.3 is 0 Å². The van der Waals surface area contributed by atoms with E-state index in [0.29, 0.717) is 12.4 Å². The summed E-state index contributed by atoms with van der Waals surface area (Å²) in [6.45, 7) is 2.68. The van der Waals surface area contributed by atoms with E-state index in [0.717, 1.165) is 23.1 Å². The number of aromatic nitrogens is 2. The van der Waals surface area contributed by atoms with E-state index in [1.54, 1.807) is 11.3 Å². The van der Waals surface area contributed by atoms with Crippen molar-refractivity contribution < 1.29 is 0 Å². The summed E-state index contributed by atoms with van der Waals surface area (Å²) >= 11 is 1.70. The molecule has 2 heterocycles. The molecule has 0 radical (unpaired) electrons. The minimum absolute atomic E-state index is 0.0172. The first-order valence-electron chi connectivity index (χ1n) is 8.54. The summed E-state index contributed by atoms with van der Waals surface area (Å²) in [4.78, 5) is 22.5. The minimum Gasteiger partial charge on any atom is -0.309 e. The first-order chi connectivity index (χ1) is 11.7. The van der Waals surface area contributed by atoms with Gasteiger partial charge in [0, 0.05) is 10.9 Å². The fourth-order valence-corrected chi connectivity index (χ4v) is 4.68. The van der Waals surface area contributed by atoms with Gasteiger partial charge < -0.3 is 10.3 Å². The lowest BCUT2D eigenvalue weighted by Crippen LogP contribution is -2.22. The highest BCUT2D eigenvalue weighted by molar-refractivity contribution is 7.18. The maximum atomic E-state index is 12.5. The maximum absolute atomic E-state index is 12.5. The van der Waals surface area contributed by atoms with Gasteiger partial charge in [0.25, 0.3) is 5.56 Å². The Morgan fingerprint density at radius 1 is 1.25 bits per heavy atom. The molecule has 4 nitrogen and oxygen atoms in total. The molecule has 24 heavy (non-hydrogen) atoms. The van der Waals surface area contributed by atoms with Crippen molar-refractivity contribution >= 4 is 21.6 Å². The zero-order chi connectivity index (χ0) is 16.5. The SMILES string of the molecule is C[C@@H](NCc1nc2sc3c(c2c(=O)[nH]1)CCCC3)c1ccccc1. The molecule has 1 aromatic carbocycles. The van der Waals surface area contributed by atoms with E-state index in [2.05, 4.69) is 29.4 Å². The molecule has 0 fully saturated rings. The Kier molecular flexibility index (Phi) is 4.21. The highest BCUT2D eigenvalue weighted by atomic mass is 32.1. The van der Waals surface area contributed by atoms with Crippen LogP contribution in [0.2, 0.25) is 0 Å². The van der Waals surface area contributed by atoms with Crippen LogP contribution in [0.15, 0.2) is 35.1 Å². The van der Waals surface area contributed by atoms with Crippen LogP contribution >= 0.6 is 11.3 Å². The van der Waals surface area contributed by atoms with Gasteiger partial charge in [-0.3, -0.25) is 4.79 Å². The first kappa shape index (κ1) is 15.5. The molecule has 3 aromatic rings. The highest BCUT2D eigenvalue weighted by Crippen LogP contribution is 2.33. The molecular weight excluding hydrogens is 318 g/mol. The van der Waals surface area contributed by atoms with Gasteiger partial charge in [-0.05, 0) is 43.7 Å². The Labute approximate surface area is 145 Å². The lowest BCUT2D eigenvalue weighted by atomic mass is 9.97. The van der Waals surface area contributed by atoms with Crippen molar-refractivity contribution in [2.45, 2.75) is 45.2 Å². The number of H-pyrrole nitrogens is 1. The van der Waals surface area contributed by atoms with Gasteiger partial charge in [-0.25, -0.2) is 4.98 Å². The van der Waals surface area contributed by atoms with Gasteiger partial charge in [0.2, 0.25) is 0 Å². The van der Waals surface area contributed by atoms with Crippen LogP contribution in [-0.2, 0) is 19.4 Å². The number of thiophene rings is 1. The number of nitrogens with one attached hydrogen (secondary N) is 2. The molecule has 0 unspecified atom stereocenters. The molecule has 0 saturated heterocycles. The lowest BCUT2D eigenvalue weighted by Gasteiger charge is -2.13. The van der Waals surface area contributed by atoms with Crippen LogP contribution in [0, 0.1) is 0 Å². The van der Waals surface area contributed by atoms with Gasteiger partial charge in [-0.2, -0.15) is 0 Å². The average Bonchev–Trinajstić information content (AvgIpc) is 2.99. The number of rotatable bonds is 4. The fourth-order valence-electron chi connectivity index (χ4n) is 3.40. The molecule has 2 N–H and O–H groups in total. The standard InChI is InChI=1S/C19H21N3OS/c1-12(13-7-3-2-4-8-13)20-11-16-21-18(23)17-14-9-5-6-10-15(14)24-19(17)22-16/h2-4,7-8,12,20H,5-6,9-11H2,1H3,(H,21,22,23)/t12-/m1/s1. The Balaban J connectivity index is 1.58. The van der Waals surface area contributed by atoms with Crippen LogP contribution in [0.5, 0.6) is 0 Å². The zero-order valence-electron chi connectivity index (χ0n) is 13.8. The van der Waals surface area contributed by atoms with Crippen LogP contribution in [0.4, 0.5) is 0 Å². The Hall–Kier alpha value is -1.98. The third-order valence-corrected chi connectivity index (χ3v) is 5.94. The molecule has 2 aromatic heterocycles. The molecule has 124 valence electrons. The van der Waals surface area contributed by atoms with Crippen molar-refractivity contribution in [1.29, 1.82) is 0 Å². The molecule has 1 atom stereocenters. The second kappa shape index (κ2) is 6.49. The number of nitrogens with zero attached hydrogens (tertiary/aromatic N) is 1. The van der Waals surface area contributed by atoms with E-state index < -0.39 is 0 Å². The predicted molar refractivity (Wildman–Crippen MR) is 98.6 cm³/mol. The molecule has 4 rings (SSSR count). The Morgan fingerprint density at radius 2 is 2.04 bits per heavy atom. The molecule has 5 heteroatoms. The van der Waals surface area contributed by atoms with Gasteiger partial charge in [-0.15, -0.1) is 11.3 Å². The maximum Gasteiger partial charge on any atom is 0.259 e. The molecule has 0 aliphatic heterocycles. The fraction of sp³-hybridized carbons (Fsp3) is 0.368.